The zero-order chi connectivity index (χ0) is 19.8. The third kappa shape index (κ3) is 5.53. The van der Waals surface area contributed by atoms with Gasteiger partial charge in [0.05, 0.1) is 11.2 Å². The lowest BCUT2D eigenvalue weighted by atomic mass is 10.2. The second-order valence-electron chi connectivity index (χ2n) is 5.32. The Morgan fingerprint density at radius 3 is 2.15 bits per heavy atom. The molecule has 0 unspecified atom stereocenters. The first kappa shape index (κ1) is 19.4. The van der Waals surface area contributed by atoms with Crippen LogP contribution in [-0.4, -0.2) is 37.6 Å². The zero-order valence-corrected chi connectivity index (χ0v) is 14.4. The van der Waals surface area contributed by atoms with Gasteiger partial charge in [-0.15, -0.1) is 0 Å². The molecule has 0 atom stereocenters. The van der Waals surface area contributed by atoms with Crippen molar-refractivity contribution in [2.75, 3.05) is 5.32 Å². The summed E-state index contributed by atoms with van der Waals surface area (Å²) in [6, 6.07) is 11.6. The Morgan fingerprint density at radius 1 is 1.00 bits per heavy atom. The number of carbonyl (C=O) groups is 3. The predicted octanol–water partition coefficient (Wildman–Crippen LogP) is 3.15. The van der Waals surface area contributed by atoms with Crippen LogP contribution in [0.15, 0.2) is 67.1 Å². The van der Waals surface area contributed by atoms with Gasteiger partial charge in [-0.05, 0) is 18.2 Å². The number of fused-ring (bicyclic) bond motifs is 1. The largest absolute Gasteiger partial charge is 0.478 e. The van der Waals surface area contributed by atoms with Crippen LogP contribution in [0.3, 0.4) is 0 Å². The number of aromatic nitrogens is 2. The number of carboxylic acids is 2. The highest BCUT2D eigenvalue weighted by atomic mass is 16.4. The Morgan fingerprint density at radius 2 is 1.59 bits per heavy atom. The van der Waals surface area contributed by atoms with Gasteiger partial charge in [-0.25, -0.2) is 9.59 Å². The van der Waals surface area contributed by atoms with Crippen LogP contribution in [0.25, 0.3) is 10.9 Å². The van der Waals surface area contributed by atoms with Crippen LogP contribution in [0, 0.1) is 0 Å². The van der Waals surface area contributed by atoms with Crippen LogP contribution < -0.4 is 5.32 Å². The van der Waals surface area contributed by atoms with E-state index >= 15 is 0 Å². The Balaban J connectivity index is 0.000000279. The van der Waals surface area contributed by atoms with Crippen molar-refractivity contribution in [3.63, 3.8) is 0 Å². The first-order valence-electron chi connectivity index (χ1n) is 7.80. The van der Waals surface area contributed by atoms with Gasteiger partial charge in [0.1, 0.15) is 0 Å². The summed E-state index contributed by atoms with van der Waals surface area (Å²) < 4.78 is 1.65. The summed E-state index contributed by atoms with van der Waals surface area (Å²) in [6.07, 6.45) is 6.40. The van der Waals surface area contributed by atoms with E-state index in [4.69, 9.17) is 10.2 Å². The van der Waals surface area contributed by atoms with Crippen molar-refractivity contribution in [3.8, 4) is 0 Å². The molecule has 1 aromatic carbocycles. The van der Waals surface area contributed by atoms with Crippen LogP contribution in [-0.2, 0) is 9.59 Å². The van der Waals surface area contributed by atoms with Crippen molar-refractivity contribution < 1.29 is 24.6 Å². The first-order valence-corrected chi connectivity index (χ1v) is 7.80. The monoisotopic (exact) mass is 367 g/mol. The Kier molecular flexibility index (Phi) is 6.43. The topological polar surface area (TPSA) is 122 Å². The van der Waals surface area contributed by atoms with Crippen LogP contribution in [0.4, 0.5) is 11.4 Å². The predicted molar refractivity (Wildman–Crippen MR) is 100 cm³/mol. The van der Waals surface area contributed by atoms with Gasteiger partial charge in [0.25, 0.3) is 0 Å². The summed E-state index contributed by atoms with van der Waals surface area (Å²) in [6.45, 7) is 1.56. The molecule has 3 aromatic rings. The van der Waals surface area contributed by atoms with Crippen LogP contribution in [0.5, 0.6) is 0 Å². The number of hydrogen-bond acceptors (Lipinski definition) is 5. The minimum Gasteiger partial charge on any atom is -0.478 e. The van der Waals surface area contributed by atoms with Crippen molar-refractivity contribution in [2.45, 2.75) is 6.92 Å². The molecule has 0 aliphatic rings. The molecule has 0 radical (unpaired) electrons. The van der Waals surface area contributed by atoms with E-state index in [1.165, 1.54) is 0 Å². The fourth-order valence-corrected chi connectivity index (χ4v) is 2.27. The lowest BCUT2D eigenvalue weighted by molar-refractivity contribution is -0.134. The molecular formula is C19H17N3O5. The normalized spacial score (nSPS) is 10.3. The molecule has 8 nitrogen and oxygen atoms in total. The molecule has 0 bridgehead atoms. The van der Waals surface area contributed by atoms with Gasteiger partial charge in [-0.2, -0.15) is 0 Å². The maximum atomic E-state index is 11.7. The molecule has 0 amide bonds. The highest BCUT2D eigenvalue weighted by Gasteiger charge is 2.10. The number of hydrogen-bond donors (Lipinski definition) is 3. The molecule has 0 saturated carbocycles. The zero-order valence-electron chi connectivity index (χ0n) is 14.4. The first-order chi connectivity index (χ1) is 12.9. The lowest BCUT2D eigenvalue weighted by Gasteiger charge is -2.03. The molecule has 3 N–H and O–H groups in total. The van der Waals surface area contributed by atoms with Crippen molar-refractivity contribution >= 4 is 40.1 Å². The quantitative estimate of drug-likeness (QED) is 0.606. The molecule has 0 aliphatic carbocycles. The van der Waals surface area contributed by atoms with Crippen LogP contribution >= 0.6 is 0 Å². The number of nitrogens with one attached hydrogen (secondary N) is 1. The number of anilines is 2. The molecule has 0 fully saturated rings. The summed E-state index contributed by atoms with van der Waals surface area (Å²) >= 11 is 0. The number of pyridine rings is 1. The molecule has 0 spiro atoms. The van der Waals surface area contributed by atoms with E-state index in [0.717, 1.165) is 22.3 Å². The van der Waals surface area contributed by atoms with Crippen LogP contribution in [0.1, 0.15) is 11.7 Å². The Hall–Kier alpha value is -3.94. The standard InChI is InChI=1S/C15H13N3O.C4H4O4/c1-11(19)18-10-14(13-4-2-3-5-15(13)18)17-12-6-8-16-9-7-12;5-3(6)1-2-4(7)8/h2-10H,1H3,(H,16,17);1-2H,(H,5,6)(H,7,8). The van der Waals surface area contributed by atoms with Crippen molar-refractivity contribution in [2.24, 2.45) is 0 Å². The van der Waals surface area contributed by atoms with Gasteiger partial charge in [0.15, 0.2) is 0 Å². The lowest BCUT2D eigenvalue weighted by Crippen LogP contribution is -2.02. The fourth-order valence-electron chi connectivity index (χ4n) is 2.27. The number of carboxylic acid groups (broad SMARTS) is 2. The number of benzene rings is 1. The van der Waals surface area contributed by atoms with E-state index in [9.17, 15) is 14.4 Å². The Bertz CT molecular complexity index is 977. The minimum absolute atomic E-state index is 0.000946. The molecular weight excluding hydrogens is 350 g/mol. The third-order valence-electron chi connectivity index (χ3n) is 3.38. The van der Waals surface area contributed by atoms with Crippen molar-refractivity contribution in [1.82, 2.24) is 9.55 Å². The van der Waals surface area contributed by atoms with E-state index in [-0.39, 0.29) is 5.91 Å². The number of para-hydroxylation sites is 1. The molecule has 138 valence electrons. The second-order valence-corrected chi connectivity index (χ2v) is 5.32. The number of rotatable bonds is 4. The Labute approximate surface area is 154 Å². The number of aliphatic carboxylic acids is 2. The summed E-state index contributed by atoms with van der Waals surface area (Å²) in [5.41, 5.74) is 2.77. The summed E-state index contributed by atoms with van der Waals surface area (Å²) in [5.74, 6) is -2.52. The van der Waals surface area contributed by atoms with Gasteiger partial charge < -0.3 is 15.5 Å². The van der Waals surface area contributed by atoms with Gasteiger partial charge in [0.2, 0.25) is 5.91 Å². The van der Waals surface area contributed by atoms with E-state index < -0.39 is 11.9 Å². The van der Waals surface area contributed by atoms with Crippen LogP contribution in [0.2, 0.25) is 0 Å². The second kappa shape index (κ2) is 8.95. The SMILES string of the molecule is CC(=O)n1cc(Nc2ccncc2)c2ccccc21.O=C(O)C=CC(=O)O. The maximum absolute atomic E-state index is 11.7. The van der Waals surface area contributed by atoms with Gasteiger partial charge in [-0.1, -0.05) is 18.2 Å². The summed E-state index contributed by atoms with van der Waals surface area (Å²) in [7, 11) is 0. The highest BCUT2D eigenvalue weighted by molar-refractivity contribution is 6.00. The van der Waals surface area contributed by atoms with Gasteiger partial charge in [-0.3, -0.25) is 14.3 Å². The van der Waals surface area contributed by atoms with Crippen molar-refractivity contribution in [1.29, 1.82) is 0 Å². The summed E-state index contributed by atoms with van der Waals surface area (Å²) in [5, 5.41) is 20.0. The van der Waals surface area contributed by atoms with Gasteiger partial charge >= 0.3 is 11.9 Å². The average molecular weight is 367 g/mol. The van der Waals surface area contributed by atoms with Gasteiger partial charge in [0, 0.05) is 48.7 Å². The molecule has 0 saturated heterocycles. The molecule has 2 heterocycles. The maximum Gasteiger partial charge on any atom is 0.328 e. The fraction of sp³-hybridized carbons (Fsp3) is 0.0526. The minimum atomic E-state index is -1.26. The van der Waals surface area contributed by atoms with E-state index in [1.54, 1.807) is 23.9 Å². The van der Waals surface area contributed by atoms with Crippen molar-refractivity contribution in [3.05, 3.63) is 67.1 Å². The third-order valence-corrected chi connectivity index (χ3v) is 3.38. The molecule has 27 heavy (non-hydrogen) atoms. The molecule has 8 heteroatoms. The molecule has 0 aliphatic heterocycles. The summed E-state index contributed by atoms with van der Waals surface area (Å²) in [4.78, 5) is 34.7. The molecule has 2 aromatic heterocycles. The number of nitrogens with zero attached hydrogens (tertiary/aromatic N) is 2. The smallest absolute Gasteiger partial charge is 0.328 e. The molecule has 3 rings (SSSR count). The van der Waals surface area contributed by atoms with E-state index in [2.05, 4.69) is 10.3 Å². The van der Waals surface area contributed by atoms with E-state index in [0.29, 0.717) is 12.2 Å². The highest BCUT2D eigenvalue weighted by Crippen LogP contribution is 2.28. The number of carbonyl (C=O) groups excluding carboxylic acids is 1. The van der Waals surface area contributed by atoms with E-state index in [1.807, 2.05) is 42.6 Å². The average Bonchev–Trinajstić information content (AvgIpc) is 3.00.